The third kappa shape index (κ3) is 51.3. The van der Waals surface area contributed by atoms with Crippen molar-refractivity contribution in [3.8, 4) is 0 Å². The molecule has 0 saturated heterocycles. The monoisotopic (exact) mass is 292 g/mol. The summed E-state index contributed by atoms with van der Waals surface area (Å²) in [5.74, 6) is -0.250. The molecule has 0 aromatic heterocycles. The second kappa shape index (κ2) is 17.5. The largest absolute Gasteiger partial charge is 2.00 e. The summed E-state index contributed by atoms with van der Waals surface area (Å²) in [4.78, 5) is 40.1. The third-order valence-corrected chi connectivity index (χ3v) is 0.996. The fourth-order valence-electron chi connectivity index (χ4n) is 0.701. The molecule has 0 aromatic carbocycles. The Hall–Kier alpha value is -0.881. The Morgan fingerprint density at radius 3 is 0.706 bits per heavy atom. The molecular weight excluding hydrogens is 272 g/mol. The van der Waals surface area contributed by atoms with E-state index >= 15 is 0 Å². The minimum atomic E-state index is -0.0625. The number of Topliss-reactive ketones (excluding diaryl/α,β-unsaturated/α-hetero) is 4. The third-order valence-electron chi connectivity index (χ3n) is 0.996. The van der Waals surface area contributed by atoms with E-state index in [1.807, 2.05) is 0 Å². The van der Waals surface area contributed by atoms with Crippen molar-refractivity contribution in [1.29, 1.82) is 0 Å². The molecule has 0 fully saturated rings. The molecule has 0 saturated carbocycles. The van der Waals surface area contributed by atoms with Crippen LogP contribution < -0.4 is 0 Å². The van der Waals surface area contributed by atoms with Crippen LogP contribution in [0.15, 0.2) is 0 Å². The zero-order valence-corrected chi connectivity index (χ0v) is 11.5. The molecule has 0 aliphatic carbocycles. The van der Waals surface area contributed by atoms with Crippen molar-refractivity contribution in [2.24, 2.45) is 0 Å². The standard InChI is InChI=1S/2C5H8O2.Fe.2H2O/c2*1-4(6)3-5(2)7;;;/h2*3H2,1-2H3;;2*1H2/q;;+2;;. The molecule has 0 atom stereocenters. The summed E-state index contributed by atoms with van der Waals surface area (Å²) in [5, 5.41) is 0. The second-order valence-corrected chi connectivity index (χ2v) is 3.16. The maximum Gasteiger partial charge on any atom is 2.00 e. The van der Waals surface area contributed by atoms with E-state index in [9.17, 15) is 19.2 Å². The molecule has 0 amide bonds. The summed E-state index contributed by atoms with van der Waals surface area (Å²) in [6, 6.07) is 0. The van der Waals surface area contributed by atoms with Crippen molar-refractivity contribution in [1.82, 2.24) is 0 Å². The molecule has 0 bridgehead atoms. The molecule has 6 nitrogen and oxygen atoms in total. The Morgan fingerprint density at radius 2 is 0.706 bits per heavy atom. The Labute approximate surface area is 111 Å². The molecule has 7 heteroatoms. The van der Waals surface area contributed by atoms with E-state index in [-0.39, 0.29) is 64.0 Å². The van der Waals surface area contributed by atoms with E-state index in [1.165, 1.54) is 27.7 Å². The van der Waals surface area contributed by atoms with Crippen LogP contribution in [-0.2, 0) is 36.2 Å². The molecular formula is C10H20FeO6+2. The Morgan fingerprint density at radius 1 is 0.588 bits per heavy atom. The number of rotatable bonds is 4. The molecule has 0 spiro atoms. The smallest absolute Gasteiger partial charge is 0.412 e. The predicted molar refractivity (Wildman–Crippen MR) is 59.2 cm³/mol. The number of ketones is 4. The van der Waals surface area contributed by atoms with Crippen molar-refractivity contribution in [2.45, 2.75) is 40.5 Å². The molecule has 0 aliphatic heterocycles. The minimum absolute atomic E-state index is 0. The van der Waals surface area contributed by atoms with Gasteiger partial charge in [0, 0.05) is 0 Å². The average Bonchev–Trinajstić information content (AvgIpc) is 1.79. The zero-order chi connectivity index (χ0) is 11.7. The van der Waals surface area contributed by atoms with Gasteiger partial charge in [-0.25, -0.2) is 0 Å². The van der Waals surface area contributed by atoms with Crippen LogP contribution in [0.2, 0.25) is 0 Å². The van der Waals surface area contributed by atoms with E-state index in [4.69, 9.17) is 0 Å². The number of carbonyl (C=O) groups is 4. The first-order valence-corrected chi connectivity index (χ1v) is 4.23. The summed E-state index contributed by atoms with van der Waals surface area (Å²) < 4.78 is 0. The van der Waals surface area contributed by atoms with E-state index in [0.717, 1.165) is 0 Å². The van der Waals surface area contributed by atoms with Gasteiger partial charge in [0.1, 0.15) is 23.1 Å². The van der Waals surface area contributed by atoms with Gasteiger partial charge < -0.3 is 11.0 Å². The Bertz CT molecular complexity index is 199. The van der Waals surface area contributed by atoms with Crippen molar-refractivity contribution >= 4 is 23.1 Å². The molecule has 102 valence electrons. The summed E-state index contributed by atoms with van der Waals surface area (Å²) in [6.07, 6.45) is 0.167. The van der Waals surface area contributed by atoms with Gasteiger partial charge in [0.2, 0.25) is 0 Å². The maximum atomic E-state index is 10.0. The van der Waals surface area contributed by atoms with Crippen LogP contribution in [0.1, 0.15) is 40.5 Å². The van der Waals surface area contributed by atoms with Gasteiger partial charge in [0.15, 0.2) is 0 Å². The maximum absolute atomic E-state index is 10.0. The number of carbonyl (C=O) groups excluding carboxylic acids is 4. The fraction of sp³-hybridized carbons (Fsp3) is 0.600. The Kier molecular flexibility index (Phi) is 30.7. The molecule has 17 heavy (non-hydrogen) atoms. The summed E-state index contributed by atoms with van der Waals surface area (Å²) >= 11 is 0. The van der Waals surface area contributed by atoms with Gasteiger partial charge in [-0.3, -0.25) is 19.2 Å². The van der Waals surface area contributed by atoms with Crippen LogP contribution in [0.4, 0.5) is 0 Å². The van der Waals surface area contributed by atoms with Crippen LogP contribution in [0.3, 0.4) is 0 Å². The SMILES string of the molecule is CC(=O)CC(C)=O.CC(=O)CC(C)=O.O.O.[Fe+2]. The zero-order valence-electron chi connectivity index (χ0n) is 10.4. The second-order valence-electron chi connectivity index (χ2n) is 3.16. The van der Waals surface area contributed by atoms with Crippen LogP contribution in [0.5, 0.6) is 0 Å². The van der Waals surface area contributed by atoms with Crippen molar-refractivity contribution < 1.29 is 47.2 Å². The number of hydrogen-bond donors (Lipinski definition) is 0. The van der Waals surface area contributed by atoms with Gasteiger partial charge in [-0.15, -0.1) is 0 Å². The summed E-state index contributed by atoms with van der Waals surface area (Å²) in [7, 11) is 0. The average molecular weight is 292 g/mol. The molecule has 0 heterocycles. The first-order valence-electron chi connectivity index (χ1n) is 4.23. The molecule has 0 aliphatic rings. The predicted octanol–water partition coefficient (Wildman–Crippen LogP) is -0.543. The molecule has 0 radical (unpaired) electrons. The van der Waals surface area contributed by atoms with Gasteiger partial charge in [-0.05, 0) is 27.7 Å². The van der Waals surface area contributed by atoms with E-state index in [2.05, 4.69) is 0 Å². The van der Waals surface area contributed by atoms with E-state index < -0.39 is 0 Å². The van der Waals surface area contributed by atoms with Gasteiger partial charge in [-0.1, -0.05) is 0 Å². The van der Waals surface area contributed by atoms with Crippen molar-refractivity contribution in [2.75, 3.05) is 0 Å². The van der Waals surface area contributed by atoms with E-state index in [1.54, 1.807) is 0 Å². The van der Waals surface area contributed by atoms with Crippen LogP contribution in [0, 0.1) is 0 Å². The first kappa shape index (κ1) is 29.8. The van der Waals surface area contributed by atoms with Gasteiger partial charge >= 0.3 is 17.1 Å². The van der Waals surface area contributed by atoms with Crippen molar-refractivity contribution in [3.05, 3.63) is 0 Å². The van der Waals surface area contributed by atoms with E-state index in [0.29, 0.717) is 0 Å². The van der Waals surface area contributed by atoms with Gasteiger partial charge in [0.05, 0.1) is 12.8 Å². The number of hydrogen-bond acceptors (Lipinski definition) is 4. The minimum Gasteiger partial charge on any atom is -0.412 e. The normalized spacial score (nSPS) is 6.82. The quantitative estimate of drug-likeness (QED) is 0.508. The fourth-order valence-corrected chi connectivity index (χ4v) is 0.701. The molecule has 0 rings (SSSR count). The summed E-state index contributed by atoms with van der Waals surface area (Å²) in [5.41, 5.74) is 0. The van der Waals surface area contributed by atoms with Gasteiger partial charge in [-0.2, -0.15) is 0 Å². The molecule has 4 N–H and O–H groups in total. The molecule has 0 unspecified atom stereocenters. The van der Waals surface area contributed by atoms with Crippen LogP contribution in [-0.4, -0.2) is 34.1 Å². The van der Waals surface area contributed by atoms with Crippen LogP contribution in [0.25, 0.3) is 0 Å². The van der Waals surface area contributed by atoms with Crippen LogP contribution >= 0.6 is 0 Å². The first-order chi connectivity index (χ1) is 6.25. The van der Waals surface area contributed by atoms with Gasteiger partial charge in [0.25, 0.3) is 0 Å². The summed E-state index contributed by atoms with van der Waals surface area (Å²) in [6.45, 7) is 5.62. The van der Waals surface area contributed by atoms with Crippen molar-refractivity contribution in [3.63, 3.8) is 0 Å². The Balaban J connectivity index is -0.0000000480. The molecule has 0 aromatic rings. The topological polar surface area (TPSA) is 131 Å².